The molecule has 1 saturated carbocycles. The van der Waals surface area contributed by atoms with Gasteiger partial charge in [0.15, 0.2) is 0 Å². The predicted molar refractivity (Wildman–Crippen MR) is 88.5 cm³/mol. The van der Waals surface area contributed by atoms with Crippen LogP contribution >= 0.6 is 0 Å². The molecule has 10 heteroatoms. The van der Waals surface area contributed by atoms with Crippen molar-refractivity contribution in [2.24, 2.45) is 0 Å². The fourth-order valence-electron chi connectivity index (χ4n) is 2.86. The predicted octanol–water partition coefficient (Wildman–Crippen LogP) is 3.94. The Morgan fingerprint density at radius 3 is 2.41 bits per heavy atom. The molecular weight excluding hydrogens is 395 g/mol. The van der Waals surface area contributed by atoms with Gasteiger partial charge in [0.2, 0.25) is 0 Å². The monoisotopic (exact) mass is 410 g/mol. The molecule has 1 atom stereocenters. The molecule has 0 heterocycles. The van der Waals surface area contributed by atoms with E-state index in [1.807, 2.05) is 0 Å². The number of allylic oxidation sites excluding steroid dienone is 3. The Bertz CT molecular complexity index is 942. The minimum absolute atomic E-state index is 0.117. The summed E-state index contributed by atoms with van der Waals surface area (Å²) in [6, 6.07) is 5.17. The molecule has 1 aliphatic carbocycles. The summed E-state index contributed by atoms with van der Waals surface area (Å²) in [5.41, 5.74) is -7.21. The number of alkyl halides is 5. The molecule has 0 saturated heterocycles. The smallest absolute Gasteiger partial charge is 0.501 e. The Hall–Kier alpha value is -2.20. The summed E-state index contributed by atoms with van der Waals surface area (Å²) in [5.74, 6) is -4.12. The van der Waals surface area contributed by atoms with Crippen molar-refractivity contribution in [3.05, 3.63) is 58.5 Å². The molecule has 1 aromatic carbocycles. The summed E-state index contributed by atoms with van der Waals surface area (Å²) >= 11 is 0. The lowest BCUT2D eigenvalue weighted by atomic mass is 9.95. The summed E-state index contributed by atoms with van der Waals surface area (Å²) in [6.45, 7) is 3.95. The van der Waals surface area contributed by atoms with E-state index in [1.165, 1.54) is 18.2 Å². The Kier molecular flexibility index (Phi) is 5.28. The minimum Gasteiger partial charge on any atom is -0.508 e. The average Bonchev–Trinajstić information content (AvgIpc) is 2.76. The maximum Gasteiger partial charge on any atom is 0.501 e. The van der Waals surface area contributed by atoms with Gasteiger partial charge in [-0.05, 0) is 35.8 Å². The second-order valence-electron chi connectivity index (χ2n) is 5.91. The molecule has 1 fully saturated rings. The van der Waals surface area contributed by atoms with Crippen LogP contribution in [0.2, 0.25) is 0 Å². The van der Waals surface area contributed by atoms with Gasteiger partial charge in [-0.1, -0.05) is 24.8 Å². The first kappa shape index (κ1) is 21.1. The number of benzene rings is 1. The highest BCUT2D eigenvalue weighted by atomic mass is 32.2. The first-order valence-electron chi connectivity index (χ1n) is 7.47. The standard InChI is InChI=1S/C17H15F5O4S/c1-3-12(10-5-4-6-11(23)7-10)13-8-16(18,19)15(24)14(13)9(2)27(25,26)17(20,21)22/h3-7,15,23-24H,1,8H2,2H3/b13-12+,14-9-/t15-/m0/s1. The molecule has 0 amide bonds. The molecule has 1 aromatic rings. The van der Waals surface area contributed by atoms with Gasteiger partial charge in [-0.15, -0.1) is 0 Å². The zero-order valence-corrected chi connectivity index (χ0v) is 14.7. The van der Waals surface area contributed by atoms with E-state index in [9.17, 15) is 40.6 Å². The van der Waals surface area contributed by atoms with Crippen LogP contribution in [-0.4, -0.2) is 36.2 Å². The van der Waals surface area contributed by atoms with E-state index in [0.29, 0.717) is 6.92 Å². The Labute approximate surface area is 151 Å². The van der Waals surface area contributed by atoms with E-state index in [0.717, 1.165) is 12.1 Å². The van der Waals surface area contributed by atoms with Crippen LogP contribution in [-0.2, 0) is 9.84 Å². The van der Waals surface area contributed by atoms with Crippen molar-refractivity contribution in [3.63, 3.8) is 0 Å². The second-order valence-corrected chi connectivity index (χ2v) is 7.99. The number of aliphatic hydroxyl groups excluding tert-OH is 1. The van der Waals surface area contributed by atoms with Crippen molar-refractivity contribution in [3.8, 4) is 5.75 Å². The molecular formula is C17H15F5O4S. The number of hydrogen-bond donors (Lipinski definition) is 2. The fourth-order valence-corrected chi connectivity index (χ4v) is 3.73. The molecule has 0 radical (unpaired) electrons. The van der Waals surface area contributed by atoms with E-state index in [-0.39, 0.29) is 16.9 Å². The number of hydrogen-bond acceptors (Lipinski definition) is 4. The van der Waals surface area contributed by atoms with Crippen LogP contribution in [0.5, 0.6) is 5.75 Å². The molecule has 27 heavy (non-hydrogen) atoms. The third-order valence-corrected chi connectivity index (χ3v) is 5.82. The number of phenolic OH excluding ortho intramolecular Hbond substituents is 1. The van der Waals surface area contributed by atoms with Gasteiger partial charge in [0.25, 0.3) is 15.8 Å². The summed E-state index contributed by atoms with van der Waals surface area (Å²) < 4.78 is 90.3. The lowest BCUT2D eigenvalue weighted by Gasteiger charge is -2.17. The summed E-state index contributed by atoms with van der Waals surface area (Å²) in [4.78, 5) is -1.41. The zero-order chi connectivity index (χ0) is 20.8. The van der Waals surface area contributed by atoms with Gasteiger partial charge >= 0.3 is 5.51 Å². The van der Waals surface area contributed by atoms with Gasteiger partial charge in [-0.2, -0.15) is 13.2 Å². The van der Waals surface area contributed by atoms with Crippen LogP contribution in [0.1, 0.15) is 18.9 Å². The number of halogens is 5. The molecule has 4 nitrogen and oxygen atoms in total. The van der Waals surface area contributed by atoms with Gasteiger partial charge in [0.05, 0.1) is 4.91 Å². The normalized spacial score (nSPS) is 23.9. The first-order chi connectivity index (χ1) is 12.2. The largest absolute Gasteiger partial charge is 0.508 e. The van der Waals surface area contributed by atoms with Crippen molar-refractivity contribution in [1.29, 1.82) is 0 Å². The molecule has 0 bridgehead atoms. The Morgan fingerprint density at radius 1 is 1.33 bits per heavy atom. The Morgan fingerprint density at radius 2 is 1.93 bits per heavy atom. The number of rotatable bonds is 3. The molecule has 148 valence electrons. The van der Waals surface area contributed by atoms with Gasteiger partial charge in [-0.3, -0.25) is 0 Å². The summed E-state index contributed by atoms with van der Waals surface area (Å²) in [7, 11) is -5.94. The average molecular weight is 410 g/mol. The SMILES string of the molecule is C=C/C(=C1/CC(F)(F)[C@@H](O)/C1=C(/C)S(=O)(=O)C(F)(F)F)c1cccc(O)c1. The topological polar surface area (TPSA) is 74.6 Å². The van der Waals surface area contributed by atoms with E-state index >= 15 is 0 Å². The maximum absolute atomic E-state index is 14.1. The third kappa shape index (κ3) is 3.63. The van der Waals surface area contributed by atoms with Crippen LogP contribution in [0.4, 0.5) is 22.0 Å². The maximum atomic E-state index is 14.1. The van der Waals surface area contributed by atoms with Crippen LogP contribution in [0.15, 0.2) is 53.0 Å². The number of phenols is 1. The van der Waals surface area contributed by atoms with Crippen molar-refractivity contribution in [2.45, 2.75) is 30.9 Å². The quantitative estimate of drug-likeness (QED) is 0.741. The van der Waals surface area contributed by atoms with E-state index in [2.05, 4.69) is 6.58 Å². The van der Waals surface area contributed by atoms with Gasteiger partial charge in [0, 0.05) is 12.0 Å². The molecule has 0 unspecified atom stereocenters. The van der Waals surface area contributed by atoms with Crippen molar-refractivity contribution >= 4 is 15.4 Å². The highest BCUT2D eigenvalue weighted by molar-refractivity contribution is 7.96. The summed E-state index contributed by atoms with van der Waals surface area (Å²) in [6.07, 6.45) is -2.88. The van der Waals surface area contributed by atoms with Crippen molar-refractivity contribution < 1.29 is 40.6 Å². The van der Waals surface area contributed by atoms with Gasteiger partial charge in [-0.25, -0.2) is 17.2 Å². The third-order valence-electron chi connectivity index (χ3n) is 4.18. The number of aromatic hydroxyl groups is 1. The Balaban J connectivity index is 2.88. The summed E-state index contributed by atoms with van der Waals surface area (Å²) in [5, 5.41) is 19.4. The highest BCUT2D eigenvalue weighted by Crippen LogP contribution is 2.49. The van der Waals surface area contributed by atoms with E-state index < -0.39 is 49.8 Å². The molecule has 1 aliphatic rings. The molecule has 2 N–H and O–H groups in total. The van der Waals surface area contributed by atoms with Crippen LogP contribution in [0.25, 0.3) is 5.57 Å². The lowest BCUT2D eigenvalue weighted by molar-refractivity contribution is -0.0736. The van der Waals surface area contributed by atoms with Crippen molar-refractivity contribution in [2.75, 3.05) is 0 Å². The molecule has 0 aliphatic heterocycles. The van der Waals surface area contributed by atoms with Crippen molar-refractivity contribution in [1.82, 2.24) is 0 Å². The molecule has 0 aromatic heterocycles. The highest BCUT2D eigenvalue weighted by Gasteiger charge is 2.55. The van der Waals surface area contributed by atoms with Gasteiger partial charge in [0.1, 0.15) is 11.9 Å². The van der Waals surface area contributed by atoms with Crippen LogP contribution in [0, 0.1) is 0 Å². The second kappa shape index (κ2) is 6.75. The molecule has 2 rings (SSSR count). The zero-order valence-electron chi connectivity index (χ0n) is 13.9. The van der Waals surface area contributed by atoms with E-state index in [1.54, 1.807) is 0 Å². The van der Waals surface area contributed by atoms with Crippen LogP contribution < -0.4 is 0 Å². The van der Waals surface area contributed by atoms with Gasteiger partial charge < -0.3 is 10.2 Å². The lowest BCUT2D eigenvalue weighted by Crippen LogP contribution is -2.30. The number of aliphatic hydroxyl groups is 1. The number of sulfone groups is 1. The fraction of sp³-hybridized carbons (Fsp3) is 0.294. The van der Waals surface area contributed by atoms with E-state index in [4.69, 9.17) is 0 Å². The van der Waals surface area contributed by atoms with Crippen LogP contribution in [0.3, 0.4) is 0 Å². The molecule has 0 spiro atoms. The minimum atomic E-state index is -5.94. The first-order valence-corrected chi connectivity index (χ1v) is 8.95.